The van der Waals surface area contributed by atoms with Crippen molar-refractivity contribution in [1.29, 1.82) is 0 Å². The fraction of sp³-hybridized carbons (Fsp3) is 0. The number of hydrogen-bond acceptors (Lipinski definition) is 1. The minimum atomic E-state index is 0.854. The van der Waals surface area contributed by atoms with Crippen molar-refractivity contribution in [2.45, 2.75) is 0 Å². The van der Waals surface area contributed by atoms with E-state index in [1.54, 1.807) is 0 Å². The van der Waals surface area contributed by atoms with Crippen molar-refractivity contribution in [3.63, 3.8) is 0 Å². The quantitative estimate of drug-likeness (QED) is 0.177. The molecule has 0 spiro atoms. The first kappa shape index (κ1) is 31.4. The van der Waals surface area contributed by atoms with Crippen LogP contribution in [0.1, 0.15) is 0 Å². The van der Waals surface area contributed by atoms with Gasteiger partial charge in [0, 0.05) is 54.5 Å². The van der Waals surface area contributed by atoms with Crippen LogP contribution in [0, 0.1) is 0 Å². The second-order valence-corrected chi connectivity index (χ2v) is 15.3. The van der Waals surface area contributed by atoms with Crippen LogP contribution in [0.4, 0.5) is 0 Å². The summed E-state index contributed by atoms with van der Waals surface area (Å²) in [7, 11) is 0. The average molecular weight is 740 g/mol. The summed E-state index contributed by atoms with van der Waals surface area (Å²) in [5, 5.41) is 9.51. The van der Waals surface area contributed by atoms with Crippen LogP contribution in [-0.4, -0.2) is 13.7 Å². The maximum absolute atomic E-state index is 7.03. The molecule has 4 nitrogen and oxygen atoms in total. The number of benzene rings is 9. The van der Waals surface area contributed by atoms with Gasteiger partial charge in [0.15, 0.2) is 5.58 Å². The van der Waals surface area contributed by atoms with E-state index in [0.29, 0.717) is 0 Å². The second-order valence-electron chi connectivity index (χ2n) is 15.3. The molecule has 0 fully saturated rings. The van der Waals surface area contributed by atoms with Gasteiger partial charge in [-0.05, 0) is 83.9 Å². The maximum Gasteiger partial charge on any atom is 0.159 e. The molecular formula is C54H33N3O. The van der Waals surface area contributed by atoms with Crippen LogP contribution in [0.15, 0.2) is 205 Å². The summed E-state index contributed by atoms with van der Waals surface area (Å²) in [5.74, 6) is 0. The Morgan fingerprint density at radius 2 is 0.741 bits per heavy atom. The minimum absolute atomic E-state index is 0.854. The van der Waals surface area contributed by atoms with Crippen molar-refractivity contribution in [3.8, 4) is 28.2 Å². The van der Waals surface area contributed by atoms with Gasteiger partial charge in [-0.1, -0.05) is 127 Å². The number of rotatable bonds is 4. The van der Waals surface area contributed by atoms with Gasteiger partial charge in [0.2, 0.25) is 0 Å². The molecule has 9 aromatic carbocycles. The van der Waals surface area contributed by atoms with Crippen LogP contribution in [0.25, 0.3) is 116 Å². The molecule has 13 rings (SSSR count). The van der Waals surface area contributed by atoms with Crippen LogP contribution in [0.3, 0.4) is 0 Å². The lowest BCUT2D eigenvalue weighted by atomic mass is 10.0. The summed E-state index contributed by atoms with van der Waals surface area (Å²) in [5.41, 5.74) is 14.3. The molecule has 0 saturated heterocycles. The molecule has 0 unspecified atom stereocenters. The van der Waals surface area contributed by atoms with E-state index in [9.17, 15) is 0 Å². The Balaban J connectivity index is 1.13. The lowest BCUT2D eigenvalue weighted by Crippen LogP contribution is -1.99. The predicted octanol–water partition coefficient (Wildman–Crippen LogP) is 14.5. The standard InChI is InChI=1S/C54H33N3O/c1-2-14-34(15-3-1)35-26-28-51-43(30-35)42-20-8-11-23-48(42)55(51)36-27-29-53-44(31-36)45-32-37(56-46-21-9-4-16-38(46)39-17-5-10-22-47(39)56)33-52(54(45)58-53)57-49-24-12-6-18-40(49)41-19-7-13-25-50(41)57/h1-33H. The summed E-state index contributed by atoms with van der Waals surface area (Å²) in [4.78, 5) is 0. The summed E-state index contributed by atoms with van der Waals surface area (Å²) >= 11 is 0. The third-order valence-corrected chi connectivity index (χ3v) is 12.2. The lowest BCUT2D eigenvalue weighted by Gasteiger charge is -2.14. The summed E-state index contributed by atoms with van der Waals surface area (Å²) < 4.78 is 14.2. The fourth-order valence-corrected chi connectivity index (χ4v) is 9.71. The van der Waals surface area contributed by atoms with E-state index in [4.69, 9.17) is 4.42 Å². The normalized spacial score (nSPS) is 12.1. The number of aromatic nitrogens is 3. The van der Waals surface area contributed by atoms with Gasteiger partial charge in [-0.25, -0.2) is 0 Å². The largest absolute Gasteiger partial charge is 0.454 e. The highest BCUT2D eigenvalue weighted by molar-refractivity contribution is 6.16. The van der Waals surface area contributed by atoms with E-state index >= 15 is 0 Å². The molecule has 58 heavy (non-hydrogen) atoms. The van der Waals surface area contributed by atoms with Crippen molar-refractivity contribution in [2.24, 2.45) is 0 Å². The van der Waals surface area contributed by atoms with Crippen LogP contribution in [0.5, 0.6) is 0 Å². The summed E-state index contributed by atoms with van der Waals surface area (Å²) in [6.45, 7) is 0. The Morgan fingerprint density at radius 3 is 1.33 bits per heavy atom. The van der Waals surface area contributed by atoms with Crippen LogP contribution in [-0.2, 0) is 0 Å². The van der Waals surface area contributed by atoms with E-state index in [2.05, 4.69) is 214 Å². The summed E-state index contributed by atoms with van der Waals surface area (Å²) in [6, 6.07) is 72.5. The zero-order valence-corrected chi connectivity index (χ0v) is 31.3. The SMILES string of the molecule is c1ccc(-c2ccc3c(c2)c2ccccc2n3-c2ccc3oc4c(-n5c6ccccc6c6ccccc65)cc(-n5c6ccccc6c6ccccc65)cc4c3c2)cc1. The molecule has 0 aliphatic carbocycles. The van der Waals surface area contributed by atoms with Crippen molar-refractivity contribution >= 4 is 87.4 Å². The Labute approximate surface area is 332 Å². The molecule has 270 valence electrons. The Kier molecular flexibility index (Phi) is 6.41. The van der Waals surface area contributed by atoms with Gasteiger partial charge in [-0.15, -0.1) is 0 Å². The van der Waals surface area contributed by atoms with Gasteiger partial charge in [-0.2, -0.15) is 0 Å². The Hall–Kier alpha value is -7.82. The zero-order chi connectivity index (χ0) is 37.9. The summed E-state index contributed by atoms with van der Waals surface area (Å²) in [6.07, 6.45) is 0. The van der Waals surface area contributed by atoms with E-state index in [-0.39, 0.29) is 0 Å². The molecule has 13 aromatic rings. The molecule has 0 bridgehead atoms. The maximum atomic E-state index is 7.03. The van der Waals surface area contributed by atoms with Gasteiger partial charge in [0.05, 0.1) is 38.8 Å². The second kappa shape index (κ2) is 11.8. The first-order valence-corrected chi connectivity index (χ1v) is 19.8. The van der Waals surface area contributed by atoms with Gasteiger partial charge in [0.25, 0.3) is 0 Å². The molecule has 4 aromatic heterocycles. The van der Waals surface area contributed by atoms with Gasteiger partial charge < -0.3 is 18.1 Å². The lowest BCUT2D eigenvalue weighted by molar-refractivity contribution is 0.666. The first-order valence-electron chi connectivity index (χ1n) is 19.8. The Bertz CT molecular complexity index is 3690. The van der Waals surface area contributed by atoms with Crippen molar-refractivity contribution in [2.75, 3.05) is 0 Å². The molecule has 4 heterocycles. The molecular weight excluding hydrogens is 707 g/mol. The van der Waals surface area contributed by atoms with Crippen LogP contribution in [0.2, 0.25) is 0 Å². The number of para-hydroxylation sites is 5. The fourth-order valence-electron chi connectivity index (χ4n) is 9.71. The van der Waals surface area contributed by atoms with Crippen LogP contribution >= 0.6 is 0 Å². The molecule has 0 N–H and O–H groups in total. The zero-order valence-electron chi connectivity index (χ0n) is 31.3. The smallest absolute Gasteiger partial charge is 0.159 e. The number of fused-ring (bicyclic) bond motifs is 12. The van der Waals surface area contributed by atoms with Crippen molar-refractivity contribution in [1.82, 2.24) is 13.7 Å². The number of hydrogen-bond donors (Lipinski definition) is 0. The molecule has 0 amide bonds. The van der Waals surface area contributed by atoms with E-state index in [1.165, 1.54) is 65.5 Å². The topological polar surface area (TPSA) is 27.9 Å². The third-order valence-electron chi connectivity index (χ3n) is 12.2. The highest BCUT2D eigenvalue weighted by atomic mass is 16.3. The van der Waals surface area contributed by atoms with Gasteiger partial charge in [0.1, 0.15) is 5.58 Å². The molecule has 4 heteroatoms. The molecule has 0 saturated carbocycles. The average Bonchev–Trinajstić information content (AvgIpc) is 4.02. The molecule has 0 aliphatic rings. The highest BCUT2D eigenvalue weighted by Gasteiger charge is 2.22. The van der Waals surface area contributed by atoms with Crippen LogP contribution < -0.4 is 0 Å². The number of furan rings is 1. The number of nitrogens with zero attached hydrogens (tertiary/aromatic N) is 3. The van der Waals surface area contributed by atoms with Gasteiger partial charge >= 0.3 is 0 Å². The van der Waals surface area contributed by atoms with E-state index in [0.717, 1.165) is 50.0 Å². The molecule has 0 atom stereocenters. The predicted molar refractivity (Wildman–Crippen MR) is 242 cm³/mol. The molecule has 0 radical (unpaired) electrons. The van der Waals surface area contributed by atoms with Crippen molar-refractivity contribution < 1.29 is 4.42 Å². The van der Waals surface area contributed by atoms with E-state index < -0.39 is 0 Å². The molecule has 0 aliphatic heterocycles. The first-order chi connectivity index (χ1) is 28.8. The third kappa shape index (κ3) is 4.34. The Morgan fingerprint density at radius 1 is 0.276 bits per heavy atom. The monoisotopic (exact) mass is 739 g/mol. The van der Waals surface area contributed by atoms with E-state index in [1.807, 2.05) is 0 Å². The highest BCUT2D eigenvalue weighted by Crippen LogP contribution is 2.43. The van der Waals surface area contributed by atoms with Gasteiger partial charge in [-0.3, -0.25) is 0 Å². The van der Waals surface area contributed by atoms with Crippen molar-refractivity contribution in [3.05, 3.63) is 200 Å². The minimum Gasteiger partial charge on any atom is -0.454 e.